The van der Waals surface area contributed by atoms with E-state index in [2.05, 4.69) is 10.0 Å². The molecule has 0 heterocycles. The van der Waals surface area contributed by atoms with Crippen LogP contribution in [-0.4, -0.2) is 48.7 Å². The lowest BCUT2D eigenvalue weighted by molar-refractivity contribution is 0.0601. The molecule has 10 heteroatoms. The summed E-state index contributed by atoms with van der Waals surface area (Å²) in [6.07, 6.45) is 0. The number of benzene rings is 2. The number of ether oxygens (including phenoxy) is 3. The van der Waals surface area contributed by atoms with Crippen LogP contribution in [0.1, 0.15) is 26.3 Å². The Kier molecular flexibility index (Phi) is 6.70. The van der Waals surface area contributed by atoms with Crippen LogP contribution in [0.15, 0.2) is 35.2 Å². The first kappa shape index (κ1) is 22.0. The van der Waals surface area contributed by atoms with Gasteiger partial charge in [-0.15, -0.1) is 0 Å². The number of carbonyl (C=O) groups is 2. The highest BCUT2D eigenvalue weighted by molar-refractivity contribution is 7.92. The normalized spacial score (nSPS) is 10.8. The maximum absolute atomic E-state index is 12.9. The predicted molar refractivity (Wildman–Crippen MR) is 106 cm³/mol. The van der Waals surface area contributed by atoms with Crippen molar-refractivity contribution < 1.29 is 32.2 Å². The van der Waals surface area contributed by atoms with Crippen LogP contribution >= 0.6 is 0 Å². The van der Waals surface area contributed by atoms with Gasteiger partial charge in [-0.05, 0) is 24.6 Å². The molecule has 0 atom stereocenters. The molecule has 2 rings (SSSR count). The van der Waals surface area contributed by atoms with Gasteiger partial charge in [-0.1, -0.05) is 6.07 Å². The summed E-state index contributed by atoms with van der Waals surface area (Å²) in [5, 5.41) is 2.46. The molecule has 0 aliphatic heterocycles. The third kappa shape index (κ3) is 4.60. The topological polar surface area (TPSA) is 120 Å². The summed E-state index contributed by atoms with van der Waals surface area (Å²) in [5.74, 6) is -0.736. The van der Waals surface area contributed by atoms with Crippen LogP contribution in [-0.2, 0) is 14.8 Å². The number of nitrogens with one attached hydrogen (secondary N) is 2. The molecular formula is C19H22N2O7S. The highest BCUT2D eigenvalue weighted by atomic mass is 32.2. The Morgan fingerprint density at radius 2 is 1.55 bits per heavy atom. The molecular weight excluding hydrogens is 400 g/mol. The van der Waals surface area contributed by atoms with Gasteiger partial charge in [-0.25, -0.2) is 13.2 Å². The zero-order valence-electron chi connectivity index (χ0n) is 16.7. The van der Waals surface area contributed by atoms with Gasteiger partial charge >= 0.3 is 5.97 Å². The lowest BCUT2D eigenvalue weighted by Gasteiger charge is -2.16. The Hall–Kier alpha value is -3.27. The van der Waals surface area contributed by atoms with Crippen molar-refractivity contribution in [3.8, 4) is 11.5 Å². The van der Waals surface area contributed by atoms with Crippen LogP contribution in [0.5, 0.6) is 11.5 Å². The summed E-state index contributed by atoms with van der Waals surface area (Å²) in [5.41, 5.74) is 0.712. The second kappa shape index (κ2) is 8.82. The number of aryl methyl sites for hydroxylation is 1. The van der Waals surface area contributed by atoms with Crippen molar-refractivity contribution in [3.63, 3.8) is 0 Å². The van der Waals surface area contributed by atoms with E-state index in [-0.39, 0.29) is 33.2 Å². The fraction of sp³-hybridized carbons (Fsp3) is 0.263. The van der Waals surface area contributed by atoms with Crippen molar-refractivity contribution in [2.24, 2.45) is 0 Å². The predicted octanol–water partition coefficient (Wildman–Crippen LogP) is 1.96. The van der Waals surface area contributed by atoms with E-state index in [1.165, 1.54) is 58.7 Å². The summed E-state index contributed by atoms with van der Waals surface area (Å²) in [4.78, 5) is 24.0. The van der Waals surface area contributed by atoms with Crippen LogP contribution < -0.4 is 19.5 Å². The van der Waals surface area contributed by atoms with E-state index in [4.69, 9.17) is 14.2 Å². The number of sulfonamides is 1. The Labute approximate surface area is 169 Å². The first-order valence-electron chi connectivity index (χ1n) is 8.38. The van der Waals surface area contributed by atoms with Gasteiger partial charge in [0.25, 0.3) is 15.9 Å². The Morgan fingerprint density at radius 3 is 2.10 bits per heavy atom. The second-order valence-corrected chi connectivity index (χ2v) is 7.59. The first-order valence-corrected chi connectivity index (χ1v) is 9.86. The molecule has 0 unspecified atom stereocenters. The highest BCUT2D eigenvalue weighted by Crippen LogP contribution is 2.35. The zero-order valence-corrected chi connectivity index (χ0v) is 17.5. The lowest BCUT2D eigenvalue weighted by atomic mass is 10.1. The quantitative estimate of drug-likeness (QED) is 0.655. The molecule has 0 aliphatic rings. The fourth-order valence-corrected chi connectivity index (χ4v) is 3.69. The van der Waals surface area contributed by atoms with Crippen molar-refractivity contribution in [1.82, 2.24) is 5.32 Å². The van der Waals surface area contributed by atoms with E-state index < -0.39 is 21.9 Å². The fourth-order valence-electron chi connectivity index (χ4n) is 2.59. The molecule has 156 valence electrons. The first-order chi connectivity index (χ1) is 13.7. The lowest BCUT2D eigenvalue weighted by Crippen LogP contribution is -2.21. The van der Waals surface area contributed by atoms with Crippen LogP contribution in [0.2, 0.25) is 0 Å². The Bertz CT molecular complexity index is 1050. The SMILES string of the molecule is CNC(=O)c1cc(S(=O)(=O)Nc2cc(OC)c(OC)cc2C(=O)OC)ccc1C. The summed E-state index contributed by atoms with van der Waals surface area (Å²) in [6.45, 7) is 1.69. The molecule has 0 radical (unpaired) electrons. The summed E-state index contributed by atoms with van der Waals surface area (Å²) in [6, 6.07) is 6.77. The standard InChI is InChI=1S/C19H22N2O7S/c1-11-6-7-12(8-13(11)18(22)20-2)29(24,25)21-15-10-17(27-4)16(26-3)9-14(15)19(23)28-5/h6-10,21H,1-5H3,(H,20,22). The number of hydrogen-bond donors (Lipinski definition) is 2. The Morgan fingerprint density at radius 1 is 0.931 bits per heavy atom. The molecule has 9 nitrogen and oxygen atoms in total. The van der Waals surface area contributed by atoms with Crippen molar-refractivity contribution in [3.05, 3.63) is 47.0 Å². The van der Waals surface area contributed by atoms with Crippen LogP contribution in [0.4, 0.5) is 5.69 Å². The number of amides is 1. The van der Waals surface area contributed by atoms with Gasteiger partial charge in [0, 0.05) is 24.7 Å². The number of carbonyl (C=O) groups excluding carboxylic acids is 2. The van der Waals surface area contributed by atoms with E-state index in [1.807, 2.05) is 0 Å². The van der Waals surface area contributed by atoms with Gasteiger partial charge in [-0.3, -0.25) is 9.52 Å². The van der Waals surface area contributed by atoms with Crippen molar-refractivity contribution in [2.45, 2.75) is 11.8 Å². The maximum Gasteiger partial charge on any atom is 0.340 e. The molecule has 0 aromatic heterocycles. The summed E-state index contributed by atoms with van der Waals surface area (Å²) >= 11 is 0. The van der Waals surface area contributed by atoms with Gasteiger partial charge in [0.1, 0.15) is 0 Å². The van der Waals surface area contributed by atoms with Gasteiger partial charge in [0.2, 0.25) is 0 Å². The molecule has 2 aromatic carbocycles. The molecule has 1 amide bonds. The number of anilines is 1. The minimum atomic E-state index is -4.14. The number of rotatable bonds is 7. The van der Waals surface area contributed by atoms with Crippen LogP contribution in [0, 0.1) is 6.92 Å². The molecule has 0 spiro atoms. The minimum absolute atomic E-state index is 0.0587. The number of methoxy groups -OCH3 is 3. The van der Waals surface area contributed by atoms with Crippen molar-refractivity contribution in [2.75, 3.05) is 33.1 Å². The number of hydrogen-bond acceptors (Lipinski definition) is 7. The maximum atomic E-state index is 12.9. The molecule has 2 aromatic rings. The van der Waals surface area contributed by atoms with Crippen molar-refractivity contribution >= 4 is 27.6 Å². The smallest absolute Gasteiger partial charge is 0.340 e. The second-order valence-electron chi connectivity index (χ2n) is 5.91. The van der Waals surface area contributed by atoms with E-state index >= 15 is 0 Å². The molecule has 29 heavy (non-hydrogen) atoms. The third-order valence-electron chi connectivity index (χ3n) is 4.16. The molecule has 0 saturated carbocycles. The summed E-state index contributed by atoms with van der Waals surface area (Å²) in [7, 11) is 1.25. The van der Waals surface area contributed by atoms with Gasteiger partial charge < -0.3 is 19.5 Å². The highest BCUT2D eigenvalue weighted by Gasteiger charge is 2.23. The zero-order chi connectivity index (χ0) is 21.8. The van der Waals surface area contributed by atoms with E-state index in [0.717, 1.165) is 0 Å². The average molecular weight is 422 g/mol. The van der Waals surface area contributed by atoms with Gasteiger partial charge in [0.15, 0.2) is 11.5 Å². The molecule has 2 N–H and O–H groups in total. The van der Waals surface area contributed by atoms with E-state index in [9.17, 15) is 18.0 Å². The van der Waals surface area contributed by atoms with E-state index in [1.54, 1.807) is 6.92 Å². The average Bonchev–Trinajstić information content (AvgIpc) is 2.72. The minimum Gasteiger partial charge on any atom is -0.493 e. The Balaban J connectivity index is 2.57. The third-order valence-corrected chi connectivity index (χ3v) is 5.53. The molecule has 0 fully saturated rings. The van der Waals surface area contributed by atoms with Gasteiger partial charge in [0.05, 0.1) is 37.5 Å². The van der Waals surface area contributed by atoms with Gasteiger partial charge in [-0.2, -0.15) is 0 Å². The van der Waals surface area contributed by atoms with Crippen LogP contribution in [0.25, 0.3) is 0 Å². The largest absolute Gasteiger partial charge is 0.493 e. The monoisotopic (exact) mass is 422 g/mol. The molecule has 0 aliphatic carbocycles. The van der Waals surface area contributed by atoms with E-state index in [0.29, 0.717) is 5.56 Å². The molecule has 0 saturated heterocycles. The van der Waals surface area contributed by atoms with Crippen LogP contribution in [0.3, 0.4) is 0 Å². The summed E-state index contributed by atoms with van der Waals surface area (Å²) < 4.78 is 43.3. The molecule has 0 bridgehead atoms. The van der Waals surface area contributed by atoms with Crippen molar-refractivity contribution in [1.29, 1.82) is 0 Å². The number of esters is 1.